The topological polar surface area (TPSA) is 35.0 Å². The monoisotopic (exact) mass is 155 g/mol. The number of rotatable bonds is 2. The molecular formula is C8H13NS. The Balaban J connectivity index is 0.000000500. The van der Waals surface area contributed by atoms with Gasteiger partial charge in [0.25, 0.3) is 0 Å². The average Bonchev–Trinajstić information content (AvgIpc) is 2.46. The number of thiophene rings is 1. The van der Waals surface area contributed by atoms with Gasteiger partial charge in [-0.15, -0.1) is 11.3 Å². The van der Waals surface area contributed by atoms with Gasteiger partial charge >= 0.3 is 0 Å². The first-order chi connectivity index (χ1) is 4.45. The van der Waals surface area contributed by atoms with Crippen LogP contribution in [0, 0.1) is 5.92 Å². The average molecular weight is 155 g/mol. The highest BCUT2D eigenvalue weighted by molar-refractivity contribution is 7.09. The van der Waals surface area contributed by atoms with Crippen molar-refractivity contribution in [3.8, 4) is 0 Å². The third-order valence-electron chi connectivity index (χ3n) is 1.77. The van der Waals surface area contributed by atoms with Crippen LogP contribution in [0.2, 0.25) is 0 Å². The van der Waals surface area contributed by atoms with Gasteiger partial charge in [0, 0.05) is 4.88 Å². The van der Waals surface area contributed by atoms with Gasteiger partial charge in [-0.3, -0.25) is 0 Å². The maximum Gasteiger partial charge on any atom is 0.00479 e. The van der Waals surface area contributed by atoms with Crippen LogP contribution >= 0.6 is 11.3 Å². The molecule has 1 heterocycles. The third kappa shape index (κ3) is 1.82. The first kappa shape index (κ1) is 7.76. The molecule has 3 N–H and O–H groups in total. The molecule has 10 heavy (non-hydrogen) atoms. The second kappa shape index (κ2) is 3.17. The van der Waals surface area contributed by atoms with Gasteiger partial charge in [-0.1, -0.05) is 6.07 Å². The zero-order chi connectivity index (χ0) is 6.10. The Morgan fingerprint density at radius 3 is 2.80 bits per heavy atom. The van der Waals surface area contributed by atoms with Crippen molar-refractivity contribution in [3.05, 3.63) is 22.4 Å². The fourth-order valence-electron chi connectivity index (χ4n) is 1.04. The van der Waals surface area contributed by atoms with Gasteiger partial charge in [-0.05, 0) is 36.6 Å². The van der Waals surface area contributed by atoms with Crippen molar-refractivity contribution in [2.45, 2.75) is 19.3 Å². The summed E-state index contributed by atoms with van der Waals surface area (Å²) in [6.45, 7) is 0. The standard InChI is InChI=1S/C8H10S.H3N/c1-2-8(9-5-1)6-7-3-4-7;/h1-2,5,7H,3-4,6H2;1H3. The molecule has 1 aliphatic carbocycles. The molecule has 0 radical (unpaired) electrons. The summed E-state index contributed by atoms with van der Waals surface area (Å²) in [5.74, 6) is 1.05. The molecule has 0 aromatic carbocycles. The van der Waals surface area contributed by atoms with Crippen LogP contribution in [0.5, 0.6) is 0 Å². The zero-order valence-electron chi connectivity index (χ0n) is 6.05. The van der Waals surface area contributed by atoms with Gasteiger partial charge in [-0.2, -0.15) is 0 Å². The van der Waals surface area contributed by atoms with E-state index >= 15 is 0 Å². The van der Waals surface area contributed by atoms with Gasteiger partial charge in [0.05, 0.1) is 0 Å². The second-order valence-corrected chi connectivity index (χ2v) is 3.76. The van der Waals surface area contributed by atoms with E-state index in [-0.39, 0.29) is 6.15 Å². The summed E-state index contributed by atoms with van der Waals surface area (Å²) in [6, 6.07) is 4.38. The molecule has 0 saturated heterocycles. The van der Waals surface area contributed by atoms with Gasteiger partial charge in [0.2, 0.25) is 0 Å². The highest BCUT2D eigenvalue weighted by Crippen LogP contribution is 2.33. The van der Waals surface area contributed by atoms with Crippen LogP contribution in [0.25, 0.3) is 0 Å². The zero-order valence-corrected chi connectivity index (χ0v) is 6.86. The summed E-state index contributed by atoms with van der Waals surface area (Å²) in [4.78, 5) is 1.57. The Labute approximate surface area is 65.7 Å². The lowest BCUT2D eigenvalue weighted by molar-refractivity contribution is 0.846. The Kier molecular flexibility index (Phi) is 2.46. The minimum Gasteiger partial charge on any atom is -0.344 e. The summed E-state index contributed by atoms with van der Waals surface area (Å²) in [7, 11) is 0. The van der Waals surface area contributed by atoms with Crippen molar-refractivity contribution in [1.82, 2.24) is 6.15 Å². The Morgan fingerprint density at radius 1 is 1.50 bits per heavy atom. The molecule has 1 saturated carbocycles. The molecule has 0 spiro atoms. The van der Waals surface area contributed by atoms with E-state index in [0.717, 1.165) is 5.92 Å². The minimum atomic E-state index is 0. The number of hydrogen-bond acceptors (Lipinski definition) is 2. The highest BCUT2D eigenvalue weighted by Gasteiger charge is 2.21. The van der Waals surface area contributed by atoms with Crippen LogP contribution in [0.3, 0.4) is 0 Å². The number of hydrogen-bond donors (Lipinski definition) is 1. The first-order valence-electron chi connectivity index (χ1n) is 3.47. The van der Waals surface area contributed by atoms with Crippen molar-refractivity contribution in [2.24, 2.45) is 5.92 Å². The maximum atomic E-state index is 2.24. The Morgan fingerprint density at radius 2 is 2.30 bits per heavy atom. The normalized spacial score (nSPS) is 16.4. The lowest BCUT2D eigenvalue weighted by Gasteiger charge is -1.88. The van der Waals surface area contributed by atoms with Crippen LogP contribution in [0.15, 0.2) is 17.5 Å². The molecule has 1 aromatic rings. The van der Waals surface area contributed by atoms with Crippen LogP contribution in [0.4, 0.5) is 0 Å². The van der Waals surface area contributed by atoms with E-state index in [2.05, 4.69) is 17.5 Å². The Bertz CT molecular complexity index is 177. The van der Waals surface area contributed by atoms with Gasteiger partial charge in [0.1, 0.15) is 0 Å². The van der Waals surface area contributed by atoms with E-state index in [0.29, 0.717) is 0 Å². The summed E-state index contributed by atoms with van der Waals surface area (Å²) in [5.41, 5.74) is 0. The fraction of sp³-hybridized carbons (Fsp3) is 0.500. The minimum absolute atomic E-state index is 0. The van der Waals surface area contributed by atoms with E-state index in [1.165, 1.54) is 19.3 Å². The lowest BCUT2D eigenvalue weighted by atomic mass is 10.2. The molecule has 2 heteroatoms. The predicted molar refractivity (Wildman–Crippen MR) is 45.8 cm³/mol. The fourth-order valence-corrected chi connectivity index (χ4v) is 1.86. The molecule has 0 bridgehead atoms. The predicted octanol–water partition coefficient (Wildman–Crippen LogP) is 2.86. The van der Waals surface area contributed by atoms with Crippen LogP contribution in [-0.2, 0) is 6.42 Å². The molecular weight excluding hydrogens is 142 g/mol. The van der Waals surface area contributed by atoms with E-state index in [1.807, 2.05) is 11.3 Å². The van der Waals surface area contributed by atoms with Crippen molar-refractivity contribution >= 4 is 11.3 Å². The molecule has 1 nitrogen and oxygen atoms in total. The molecule has 0 aliphatic heterocycles. The largest absolute Gasteiger partial charge is 0.344 e. The summed E-state index contributed by atoms with van der Waals surface area (Å²) < 4.78 is 0. The van der Waals surface area contributed by atoms with Crippen molar-refractivity contribution in [1.29, 1.82) is 0 Å². The van der Waals surface area contributed by atoms with Gasteiger partial charge in [0.15, 0.2) is 0 Å². The molecule has 2 rings (SSSR count). The smallest absolute Gasteiger partial charge is 0.00479 e. The second-order valence-electron chi connectivity index (χ2n) is 2.73. The van der Waals surface area contributed by atoms with Crippen LogP contribution in [-0.4, -0.2) is 0 Å². The molecule has 56 valence electrons. The highest BCUT2D eigenvalue weighted by atomic mass is 32.1. The quantitative estimate of drug-likeness (QED) is 0.700. The van der Waals surface area contributed by atoms with E-state index in [4.69, 9.17) is 0 Å². The molecule has 1 aromatic heterocycles. The third-order valence-corrected chi connectivity index (χ3v) is 2.67. The van der Waals surface area contributed by atoms with Crippen molar-refractivity contribution < 1.29 is 0 Å². The van der Waals surface area contributed by atoms with Crippen LogP contribution in [0.1, 0.15) is 17.7 Å². The van der Waals surface area contributed by atoms with E-state index in [1.54, 1.807) is 4.88 Å². The van der Waals surface area contributed by atoms with Crippen molar-refractivity contribution in [2.75, 3.05) is 0 Å². The molecule has 1 fully saturated rings. The summed E-state index contributed by atoms with van der Waals surface area (Å²) in [5, 5.41) is 2.16. The SMILES string of the molecule is N.c1csc(CC2CC2)c1. The molecule has 0 amide bonds. The van der Waals surface area contributed by atoms with Crippen molar-refractivity contribution in [3.63, 3.8) is 0 Å². The maximum absolute atomic E-state index is 2.24. The summed E-state index contributed by atoms with van der Waals surface area (Å²) >= 11 is 1.89. The van der Waals surface area contributed by atoms with E-state index < -0.39 is 0 Å². The Hall–Kier alpha value is -0.340. The molecule has 1 aliphatic rings. The van der Waals surface area contributed by atoms with Crippen LogP contribution < -0.4 is 6.15 Å². The summed E-state index contributed by atoms with van der Waals surface area (Å²) in [6.07, 6.45) is 4.29. The lowest BCUT2D eigenvalue weighted by Crippen LogP contribution is -1.78. The molecule has 0 unspecified atom stereocenters. The van der Waals surface area contributed by atoms with Gasteiger partial charge in [-0.25, -0.2) is 0 Å². The van der Waals surface area contributed by atoms with E-state index in [9.17, 15) is 0 Å². The van der Waals surface area contributed by atoms with Gasteiger partial charge < -0.3 is 6.15 Å². The first-order valence-corrected chi connectivity index (χ1v) is 4.35. The molecule has 0 atom stereocenters.